The molecule has 0 radical (unpaired) electrons. The van der Waals surface area contributed by atoms with Gasteiger partial charge in [-0.15, -0.1) is 12.4 Å². The largest absolute Gasteiger partial charge is 0.325 e. The maximum absolute atomic E-state index is 12.0. The molecule has 0 spiro atoms. The molecule has 0 atom stereocenters. The smallest absolute Gasteiger partial charge is 0.225 e. The zero-order chi connectivity index (χ0) is 15.9. The first-order chi connectivity index (χ1) is 10.6. The first-order valence-corrected chi connectivity index (χ1v) is 8.46. The third-order valence-electron chi connectivity index (χ3n) is 4.06. The zero-order valence-corrected chi connectivity index (χ0v) is 15.6. The van der Waals surface area contributed by atoms with Crippen molar-refractivity contribution in [3.63, 3.8) is 0 Å². The molecule has 0 aliphatic carbocycles. The summed E-state index contributed by atoms with van der Waals surface area (Å²) in [6.07, 6.45) is 2.87. The van der Waals surface area contributed by atoms with E-state index in [0.717, 1.165) is 32.1 Å². The maximum Gasteiger partial charge on any atom is 0.225 e. The second-order valence-electron chi connectivity index (χ2n) is 5.77. The first-order valence-electron chi connectivity index (χ1n) is 7.70. The van der Waals surface area contributed by atoms with Gasteiger partial charge in [0.1, 0.15) is 0 Å². The molecule has 1 aliphatic rings. The number of rotatable bonds is 6. The fraction of sp³-hybridized carbons (Fsp3) is 0.562. The Hall–Kier alpha value is -0.520. The average Bonchev–Trinajstić information content (AvgIpc) is 2.51. The van der Waals surface area contributed by atoms with E-state index in [4.69, 9.17) is 23.2 Å². The van der Waals surface area contributed by atoms with Crippen LogP contribution in [0.2, 0.25) is 10.0 Å². The van der Waals surface area contributed by atoms with Crippen LogP contribution in [-0.4, -0.2) is 44.0 Å². The van der Waals surface area contributed by atoms with E-state index in [2.05, 4.69) is 15.5 Å². The Morgan fingerprint density at radius 3 is 2.65 bits per heavy atom. The van der Waals surface area contributed by atoms with Crippen molar-refractivity contribution in [2.75, 3.05) is 38.5 Å². The van der Waals surface area contributed by atoms with Gasteiger partial charge < -0.3 is 15.5 Å². The van der Waals surface area contributed by atoms with Crippen molar-refractivity contribution in [2.24, 2.45) is 5.92 Å². The molecular weight excluding hydrogens is 357 g/mol. The minimum atomic E-state index is -0.0264. The van der Waals surface area contributed by atoms with E-state index in [1.807, 2.05) is 7.05 Å². The molecule has 0 saturated carbocycles. The van der Waals surface area contributed by atoms with Gasteiger partial charge in [0, 0.05) is 18.0 Å². The molecule has 1 saturated heterocycles. The van der Waals surface area contributed by atoms with Gasteiger partial charge in [-0.1, -0.05) is 23.2 Å². The van der Waals surface area contributed by atoms with Gasteiger partial charge >= 0.3 is 0 Å². The summed E-state index contributed by atoms with van der Waals surface area (Å²) in [5.74, 6) is 0.738. The van der Waals surface area contributed by atoms with E-state index >= 15 is 0 Å². The highest BCUT2D eigenvalue weighted by molar-refractivity contribution is 6.35. The minimum absolute atomic E-state index is 0. The summed E-state index contributed by atoms with van der Waals surface area (Å²) < 4.78 is 0. The number of benzene rings is 1. The SMILES string of the molecule is CNCC1CCN(CCC(=O)Nc2cc(Cl)ccc2Cl)CC1.Cl. The molecule has 0 bridgehead atoms. The normalized spacial score (nSPS) is 16.0. The van der Waals surface area contributed by atoms with Crippen molar-refractivity contribution in [2.45, 2.75) is 19.3 Å². The fourth-order valence-corrected chi connectivity index (χ4v) is 3.11. The molecule has 2 rings (SSSR count). The number of amides is 1. The van der Waals surface area contributed by atoms with E-state index in [0.29, 0.717) is 22.2 Å². The van der Waals surface area contributed by atoms with Crippen molar-refractivity contribution in [3.8, 4) is 0 Å². The van der Waals surface area contributed by atoms with Crippen LogP contribution in [0.4, 0.5) is 5.69 Å². The number of piperidine rings is 1. The first kappa shape index (κ1) is 20.5. The van der Waals surface area contributed by atoms with Crippen molar-refractivity contribution in [3.05, 3.63) is 28.2 Å². The molecular formula is C16H24Cl3N3O. The Kier molecular flexibility index (Phi) is 9.25. The quantitative estimate of drug-likeness (QED) is 0.791. The average molecular weight is 381 g/mol. The lowest BCUT2D eigenvalue weighted by molar-refractivity contribution is -0.116. The molecule has 0 unspecified atom stereocenters. The van der Waals surface area contributed by atoms with E-state index in [9.17, 15) is 4.79 Å². The summed E-state index contributed by atoms with van der Waals surface area (Å²) in [6, 6.07) is 5.06. The number of nitrogens with one attached hydrogen (secondary N) is 2. The van der Waals surface area contributed by atoms with Crippen LogP contribution in [-0.2, 0) is 4.79 Å². The summed E-state index contributed by atoms with van der Waals surface area (Å²) in [5.41, 5.74) is 0.576. The van der Waals surface area contributed by atoms with Gasteiger partial charge in [-0.2, -0.15) is 0 Å². The lowest BCUT2D eigenvalue weighted by Gasteiger charge is -2.31. The molecule has 1 aliphatic heterocycles. The topological polar surface area (TPSA) is 44.4 Å². The van der Waals surface area contributed by atoms with Crippen LogP contribution in [0.3, 0.4) is 0 Å². The molecule has 1 fully saturated rings. The molecule has 4 nitrogen and oxygen atoms in total. The van der Waals surface area contributed by atoms with Crippen molar-refractivity contribution < 1.29 is 4.79 Å². The van der Waals surface area contributed by atoms with Gasteiger partial charge in [-0.05, 0) is 63.6 Å². The second-order valence-corrected chi connectivity index (χ2v) is 6.61. The molecule has 1 aromatic rings. The molecule has 2 N–H and O–H groups in total. The van der Waals surface area contributed by atoms with Gasteiger partial charge in [0.05, 0.1) is 10.7 Å². The van der Waals surface area contributed by atoms with Crippen molar-refractivity contribution >= 4 is 47.2 Å². The second kappa shape index (κ2) is 10.4. The summed E-state index contributed by atoms with van der Waals surface area (Å²) >= 11 is 12.0. The molecule has 130 valence electrons. The van der Waals surface area contributed by atoms with Gasteiger partial charge in [-0.3, -0.25) is 4.79 Å². The van der Waals surface area contributed by atoms with Crippen molar-refractivity contribution in [1.82, 2.24) is 10.2 Å². The zero-order valence-electron chi connectivity index (χ0n) is 13.3. The van der Waals surface area contributed by atoms with E-state index in [1.54, 1.807) is 18.2 Å². The number of halogens is 3. The Labute approximate surface area is 154 Å². The number of hydrogen-bond donors (Lipinski definition) is 2. The van der Waals surface area contributed by atoms with E-state index in [1.165, 1.54) is 12.8 Å². The van der Waals surface area contributed by atoms with Gasteiger partial charge in [-0.25, -0.2) is 0 Å². The predicted molar refractivity (Wildman–Crippen MR) is 100 cm³/mol. The van der Waals surface area contributed by atoms with Gasteiger partial charge in [0.15, 0.2) is 0 Å². The molecule has 1 amide bonds. The Morgan fingerprint density at radius 1 is 1.30 bits per heavy atom. The lowest BCUT2D eigenvalue weighted by Crippen LogP contribution is -2.38. The number of carbonyl (C=O) groups is 1. The van der Waals surface area contributed by atoms with Crippen LogP contribution >= 0.6 is 35.6 Å². The summed E-state index contributed by atoms with van der Waals surface area (Å²) in [5, 5.41) is 7.13. The van der Waals surface area contributed by atoms with Crippen LogP contribution in [0.25, 0.3) is 0 Å². The van der Waals surface area contributed by atoms with Crippen LogP contribution < -0.4 is 10.6 Å². The summed E-state index contributed by atoms with van der Waals surface area (Å²) in [6.45, 7) is 4.01. The highest BCUT2D eigenvalue weighted by Crippen LogP contribution is 2.25. The predicted octanol–water partition coefficient (Wildman–Crippen LogP) is 3.68. The third kappa shape index (κ3) is 6.86. The molecule has 7 heteroatoms. The molecule has 1 aromatic carbocycles. The number of nitrogens with zero attached hydrogens (tertiary/aromatic N) is 1. The van der Waals surface area contributed by atoms with Crippen LogP contribution in [0, 0.1) is 5.92 Å². The number of hydrogen-bond acceptors (Lipinski definition) is 3. The van der Waals surface area contributed by atoms with Crippen LogP contribution in [0.1, 0.15) is 19.3 Å². The molecule has 23 heavy (non-hydrogen) atoms. The lowest BCUT2D eigenvalue weighted by atomic mass is 9.97. The maximum atomic E-state index is 12.0. The Balaban J connectivity index is 0.00000264. The van der Waals surface area contributed by atoms with Crippen LogP contribution in [0.15, 0.2) is 18.2 Å². The summed E-state index contributed by atoms with van der Waals surface area (Å²) in [4.78, 5) is 14.4. The molecule has 1 heterocycles. The minimum Gasteiger partial charge on any atom is -0.325 e. The third-order valence-corrected chi connectivity index (χ3v) is 4.62. The van der Waals surface area contributed by atoms with Crippen molar-refractivity contribution in [1.29, 1.82) is 0 Å². The Bertz CT molecular complexity index is 505. The number of anilines is 1. The highest BCUT2D eigenvalue weighted by Gasteiger charge is 2.19. The summed E-state index contributed by atoms with van der Waals surface area (Å²) in [7, 11) is 2.00. The standard InChI is InChI=1S/C16H23Cl2N3O.ClH/c1-19-11-12-4-7-21(8-5-12)9-6-16(22)20-15-10-13(17)2-3-14(15)18;/h2-3,10,12,19H,4-9,11H2,1H3,(H,20,22);1H. The molecule has 0 aromatic heterocycles. The highest BCUT2D eigenvalue weighted by atomic mass is 35.5. The van der Waals surface area contributed by atoms with E-state index < -0.39 is 0 Å². The van der Waals surface area contributed by atoms with Gasteiger partial charge in [0.2, 0.25) is 5.91 Å². The fourth-order valence-electron chi connectivity index (χ4n) is 2.77. The van der Waals surface area contributed by atoms with E-state index in [-0.39, 0.29) is 18.3 Å². The van der Waals surface area contributed by atoms with Gasteiger partial charge in [0.25, 0.3) is 0 Å². The number of likely N-dealkylation sites (tertiary alicyclic amines) is 1. The Morgan fingerprint density at radius 2 is 2.00 bits per heavy atom. The number of carbonyl (C=O) groups excluding carboxylic acids is 1. The monoisotopic (exact) mass is 379 g/mol. The van der Waals surface area contributed by atoms with Crippen LogP contribution in [0.5, 0.6) is 0 Å².